The van der Waals surface area contributed by atoms with Crippen LogP contribution in [0, 0.1) is 10.1 Å². The van der Waals surface area contributed by atoms with Gasteiger partial charge in [-0.05, 0) is 27.1 Å². The highest BCUT2D eigenvalue weighted by atomic mass is 16.6. The van der Waals surface area contributed by atoms with Crippen molar-refractivity contribution in [1.82, 2.24) is 9.88 Å². The minimum absolute atomic E-state index is 0.107. The summed E-state index contributed by atoms with van der Waals surface area (Å²) >= 11 is 0. The smallest absolute Gasteiger partial charge is 0.298 e. The van der Waals surface area contributed by atoms with Gasteiger partial charge in [0, 0.05) is 19.2 Å². The van der Waals surface area contributed by atoms with E-state index in [-0.39, 0.29) is 23.8 Å². The largest absolute Gasteiger partial charge is 0.423 e. The first kappa shape index (κ1) is 15.2. The summed E-state index contributed by atoms with van der Waals surface area (Å²) in [5.41, 5.74) is -0.559. The molecule has 1 heterocycles. The normalized spacial score (nSPS) is 14.3. The highest BCUT2D eigenvalue weighted by Crippen LogP contribution is 2.27. The third-order valence-electron chi connectivity index (χ3n) is 2.87. The van der Waals surface area contributed by atoms with Gasteiger partial charge in [-0.15, -0.1) is 0 Å². The predicted octanol–water partition coefficient (Wildman–Crippen LogP) is 1.46. The number of fused-ring (bicyclic) bond motifs is 1. The lowest BCUT2D eigenvalue weighted by Crippen LogP contribution is -2.43. The van der Waals surface area contributed by atoms with Gasteiger partial charge in [0.25, 0.3) is 11.7 Å². The van der Waals surface area contributed by atoms with E-state index in [1.807, 2.05) is 19.0 Å². The second-order valence-corrected chi connectivity index (χ2v) is 5.49. The fraction of sp³-hybridized carbons (Fsp3) is 0.462. The molecule has 0 bridgehead atoms. The van der Waals surface area contributed by atoms with Gasteiger partial charge in [-0.25, -0.2) is 0 Å². The van der Waals surface area contributed by atoms with Crippen molar-refractivity contribution in [3.05, 3.63) is 28.3 Å². The van der Waals surface area contributed by atoms with E-state index in [9.17, 15) is 15.2 Å². The van der Waals surface area contributed by atoms with Crippen LogP contribution in [-0.2, 0) is 0 Å². The molecule has 2 rings (SSSR count). The second kappa shape index (κ2) is 5.66. The molecule has 8 heteroatoms. The quantitative estimate of drug-likeness (QED) is 0.613. The van der Waals surface area contributed by atoms with E-state index >= 15 is 0 Å². The Morgan fingerprint density at radius 1 is 1.52 bits per heavy atom. The summed E-state index contributed by atoms with van der Waals surface area (Å²) in [6, 6.07) is 4.67. The first-order valence-electron chi connectivity index (χ1n) is 6.43. The van der Waals surface area contributed by atoms with Gasteiger partial charge < -0.3 is 19.7 Å². The number of hydrogen-bond acceptors (Lipinski definition) is 7. The predicted molar refractivity (Wildman–Crippen MR) is 78.3 cm³/mol. The number of likely N-dealkylation sites (N-methyl/N-ethyl adjacent to an activating group) is 1. The molecule has 114 valence electrons. The number of non-ortho nitro benzene ring substituents is 1. The molecule has 21 heavy (non-hydrogen) atoms. The third-order valence-corrected chi connectivity index (χ3v) is 2.87. The summed E-state index contributed by atoms with van der Waals surface area (Å²) in [6.07, 6.45) is 0. The maximum Gasteiger partial charge on any atom is 0.298 e. The van der Waals surface area contributed by atoms with Crippen LogP contribution in [-0.4, -0.2) is 52.7 Å². The molecule has 0 radical (unpaired) electrons. The molecule has 0 aliphatic carbocycles. The Morgan fingerprint density at radius 3 is 2.86 bits per heavy atom. The Labute approximate surface area is 121 Å². The van der Waals surface area contributed by atoms with E-state index in [2.05, 4.69) is 10.3 Å². The number of aromatic nitrogens is 1. The van der Waals surface area contributed by atoms with Crippen LogP contribution in [0.5, 0.6) is 0 Å². The standard InChI is InChI=1S/C13H18N4O4/c1-13(18,8-16(2)3)7-14-12-15-11-9(17(19)20)5-4-6-10(11)21-12/h4-6,18H,7-8H2,1-3H3,(H,14,15). The molecular weight excluding hydrogens is 276 g/mol. The van der Waals surface area contributed by atoms with Crippen LogP contribution in [0.15, 0.2) is 22.6 Å². The van der Waals surface area contributed by atoms with Crippen molar-refractivity contribution in [1.29, 1.82) is 0 Å². The third kappa shape index (κ3) is 3.67. The molecule has 8 nitrogen and oxygen atoms in total. The molecule has 1 atom stereocenters. The molecule has 2 aromatic rings. The summed E-state index contributed by atoms with van der Waals surface area (Å²) in [7, 11) is 3.72. The number of aliphatic hydroxyl groups is 1. The summed E-state index contributed by atoms with van der Waals surface area (Å²) in [6.45, 7) is 2.36. The Morgan fingerprint density at radius 2 is 2.24 bits per heavy atom. The van der Waals surface area contributed by atoms with Gasteiger partial charge in [0.05, 0.1) is 10.5 Å². The average Bonchev–Trinajstić information content (AvgIpc) is 2.77. The number of anilines is 1. The lowest BCUT2D eigenvalue weighted by atomic mass is 10.1. The Balaban J connectivity index is 2.17. The molecular formula is C13H18N4O4. The number of nitro groups is 1. The summed E-state index contributed by atoms with van der Waals surface area (Å²) in [4.78, 5) is 16.3. The fourth-order valence-corrected chi connectivity index (χ4v) is 2.16. The van der Waals surface area contributed by atoms with Crippen LogP contribution in [0.1, 0.15) is 6.92 Å². The van der Waals surface area contributed by atoms with Gasteiger partial charge in [0.2, 0.25) is 0 Å². The van der Waals surface area contributed by atoms with E-state index in [4.69, 9.17) is 4.42 Å². The molecule has 2 N–H and O–H groups in total. The van der Waals surface area contributed by atoms with Crippen LogP contribution in [0.2, 0.25) is 0 Å². The number of para-hydroxylation sites is 1. The zero-order chi connectivity index (χ0) is 15.6. The number of nitro benzene ring substituents is 1. The molecule has 1 aromatic carbocycles. The SMILES string of the molecule is CN(C)CC(C)(O)CNc1nc2c([N+](=O)[O-])cccc2o1. The molecule has 0 saturated heterocycles. The average molecular weight is 294 g/mol. The van der Waals surface area contributed by atoms with E-state index in [1.165, 1.54) is 12.1 Å². The lowest BCUT2D eigenvalue weighted by Gasteiger charge is -2.26. The Bertz CT molecular complexity index is 651. The van der Waals surface area contributed by atoms with E-state index in [1.54, 1.807) is 13.0 Å². The first-order chi connectivity index (χ1) is 9.78. The van der Waals surface area contributed by atoms with Crippen molar-refractivity contribution in [2.45, 2.75) is 12.5 Å². The molecule has 0 aliphatic heterocycles. The van der Waals surface area contributed by atoms with E-state index in [0.29, 0.717) is 12.1 Å². The van der Waals surface area contributed by atoms with E-state index < -0.39 is 10.5 Å². The topological polar surface area (TPSA) is 105 Å². The van der Waals surface area contributed by atoms with Crippen molar-refractivity contribution in [2.24, 2.45) is 0 Å². The van der Waals surface area contributed by atoms with Crippen molar-refractivity contribution in [2.75, 3.05) is 32.5 Å². The van der Waals surface area contributed by atoms with Crippen LogP contribution in [0.3, 0.4) is 0 Å². The van der Waals surface area contributed by atoms with Crippen molar-refractivity contribution >= 4 is 22.8 Å². The number of nitrogens with one attached hydrogen (secondary N) is 1. The monoisotopic (exact) mass is 294 g/mol. The molecule has 0 spiro atoms. The number of nitrogens with zero attached hydrogens (tertiary/aromatic N) is 3. The maximum absolute atomic E-state index is 10.9. The molecule has 0 saturated carbocycles. The van der Waals surface area contributed by atoms with Crippen LogP contribution in [0.4, 0.5) is 11.7 Å². The number of benzene rings is 1. The number of oxazole rings is 1. The van der Waals surface area contributed by atoms with Gasteiger partial charge in [0.15, 0.2) is 11.1 Å². The van der Waals surface area contributed by atoms with Crippen LogP contribution in [0.25, 0.3) is 11.1 Å². The lowest BCUT2D eigenvalue weighted by molar-refractivity contribution is -0.383. The second-order valence-electron chi connectivity index (χ2n) is 5.49. The Hall–Kier alpha value is -2.19. The Kier molecular flexibility index (Phi) is 4.10. The summed E-state index contributed by atoms with van der Waals surface area (Å²) in [5, 5.41) is 24.0. The number of rotatable bonds is 6. The first-order valence-corrected chi connectivity index (χ1v) is 6.43. The molecule has 1 aromatic heterocycles. The van der Waals surface area contributed by atoms with Crippen molar-refractivity contribution in [3.63, 3.8) is 0 Å². The van der Waals surface area contributed by atoms with E-state index in [0.717, 1.165) is 0 Å². The van der Waals surface area contributed by atoms with Crippen LogP contribution >= 0.6 is 0 Å². The summed E-state index contributed by atoms with van der Waals surface area (Å²) in [5.74, 6) is 0. The van der Waals surface area contributed by atoms with Crippen molar-refractivity contribution in [3.8, 4) is 0 Å². The molecule has 1 unspecified atom stereocenters. The van der Waals surface area contributed by atoms with Gasteiger partial charge >= 0.3 is 0 Å². The van der Waals surface area contributed by atoms with Gasteiger partial charge in [-0.2, -0.15) is 4.98 Å². The van der Waals surface area contributed by atoms with Gasteiger partial charge in [-0.1, -0.05) is 6.07 Å². The van der Waals surface area contributed by atoms with Crippen LogP contribution < -0.4 is 5.32 Å². The molecule has 0 aliphatic rings. The van der Waals surface area contributed by atoms with Gasteiger partial charge in [-0.3, -0.25) is 10.1 Å². The highest BCUT2D eigenvalue weighted by molar-refractivity contribution is 5.83. The number of hydrogen-bond donors (Lipinski definition) is 2. The minimum Gasteiger partial charge on any atom is -0.423 e. The molecule has 0 amide bonds. The van der Waals surface area contributed by atoms with Gasteiger partial charge in [0.1, 0.15) is 0 Å². The summed E-state index contributed by atoms with van der Waals surface area (Å²) < 4.78 is 5.41. The maximum atomic E-state index is 10.9. The zero-order valence-electron chi connectivity index (χ0n) is 12.2. The minimum atomic E-state index is -0.976. The highest BCUT2D eigenvalue weighted by Gasteiger charge is 2.23. The zero-order valence-corrected chi connectivity index (χ0v) is 12.2. The fourth-order valence-electron chi connectivity index (χ4n) is 2.16. The molecule has 0 fully saturated rings. The van der Waals surface area contributed by atoms with Crippen molar-refractivity contribution < 1.29 is 14.4 Å².